The van der Waals surface area contributed by atoms with E-state index in [1.54, 1.807) is 11.3 Å². The average Bonchev–Trinajstić information content (AvgIpc) is 3.06. The Morgan fingerprint density at radius 1 is 1.45 bits per heavy atom. The summed E-state index contributed by atoms with van der Waals surface area (Å²) in [5.74, 6) is 0. The highest BCUT2D eigenvalue weighted by Crippen LogP contribution is 2.27. The quantitative estimate of drug-likeness (QED) is 0.788. The lowest BCUT2D eigenvalue weighted by molar-refractivity contribution is 0.467. The van der Waals surface area contributed by atoms with Gasteiger partial charge in [-0.2, -0.15) is 5.10 Å². The van der Waals surface area contributed by atoms with Crippen molar-refractivity contribution in [3.05, 3.63) is 38.8 Å². The lowest BCUT2D eigenvalue weighted by atomic mass is 10.1. The Morgan fingerprint density at radius 2 is 2.25 bits per heavy atom. The minimum absolute atomic E-state index is 0.344. The Bertz CT molecular complexity index is 535. The number of hydrogen-bond donors (Lipinski definition) is 1. The number of halogens is 1. The molecule has 0 aromatic carbocycles. The number of nitrogens with zero attached hydrogens (tertiary/aromatic N) is 2. The molecule has 5 heteroatoms. The normalized spacial score (nSPS) is 14.4. The number of hydrogen-bond acceptors (Lipinski definition) is 3. The van der Waals surface area contributed by atoms with Gasteiger partial charge in [-0.1, -0.05) is 13.8 Å². The van der Waals surface area contributed by atoms with Crippen LogP contribution in [0.5, 0.6) is 0 Å². The number of aromatic nitrogens is 2. The molecular formula is C15H22BrN3S. The summed E-state index contributed by atoms with van der Waals surface area (Å²) in [6, 6.07) is 5.15. The molecule has 0 aliphatic carbocycles. The van der Waals surface area contributed by atoms with Crippen molar-refractivity contribution in [2.75, 3.05) is 6.54 Å². The smallest absolute Gasteiger partial charge is 0.0644 e. The van der Waals surface area contributed by atoms with Gasteiger partial charge in [-0.3, -0.25) is 4.68 Å². The monoisotopic (exact) mass is 355 g/mol. The standard InChI is InChI=1S/C15H22BrN3S/c1-4-11(3)19-7-6-13(18-19)9-14(17-5-2)15-8-12(16)10-20-15/h6-8,10-11,14,17H,4-5,9H2,1-3H3. The topological polar surface area (TPSA) is 29.9 Å². The van der Waals surface area contributed by atoms with Crippen LogP contribution in [0.1, 0.15) is 49.8 Å². The van der Waals surface area contributed by atoms with E-state index in [-0.39, 0.29) is 0 Å². The summed E-state index contributed by atoms with van der Waals surface area (Å²) in [4.78, 5) is 1.36. The molecule has 0 amide bonds. The fourth-order valence-corrected chi connectivity index (χ4v) is 3.68. The van der Waals surface area contributed by atoms with Crippen LogP contribution in [-0.2, 0) is 6.42 Å². The average molecular weight is 356 g/mol. The minimum atomic E-state index is 0.344. The molecule has 2 unspecified atom stereocenters. The Labute approximate surface area is 133 Å². The van der Waals surface area contributed by atoms with Crippen molar-refractivity contribution in [3.8, 4) is 0 Å². The summed E-state index contributed by atoms with van der Waals surface area (Å²) in [5.41, 5.74) is 1.15. The lowest BCUT2D eigenvalue weighted by Crippen LogP contribution is -2.22. The van der Waals surface area contributed by atoms with Gasteiger partial charge < -0.3 is 5.32 Å². The highest BCUT2D eigenvalue weighted by molar-refractivity contribution is 9.10. The summed E-state index contributed by atoms with van der Waals surface area (Å²) in [6.45, 7) is 7.51. The van der Waals surface area contributed by atoms with Gasteiger partial charge in [-0.05, 0) is 48.0 Å². The maximum Gasteiger partial charge on any atom is 0.0644 e. The van der Waals surface area contributed by atoms with Crippen LogP contribution in [0.4, 0.5) is 0 Å². The molecule has 0 radical (unpaired) electrons. The molecule has 0 spiro atoms. The van der Waals surface area contributed by atoms with Crippen LogP contribution in [0.25, 0.3) is 0 Å². The Balaban J connectivity index is 2.10. The number of nitrogens with one attached hydrogen (secondary N) is 1. The van der Waals surface area contributed by atoms with Crippen LogP contribution < -0.4 is 5.32 Å². The first-order valence-corrected chi connectivity index (χ1v) is 8.82. The summed E-state index contributed by atoms with van der Waals surface area (Å²) in [7, 11) is 0. The second kappa shape index (κ2) is 7.38. The Morgan fingerprint density at radius 3 is 2.85 bits per heavy atom. The van der Waals surface area contributed by atoms with E-state index < -0.39 is 0 Å². The zero-order valence-corrected chi connectivity index (χ0v) is 14.7. The first kappa shape index (κ1) is 15.7. The van der Waals surface area contributed by atoms with Crippen LogP contribution in [0, 0.1) is 0 Å². The van der Waals surface area contributed by atoms with Gasteiger partial charge in [0.2, 0.25) is 0 Å². The van der Waals surface area contributed by atoms with E-state index in [1.165, 1.54) is 4.88 Å². The third kappa shape index (κ3) is 3.93. The molecule has 2 rings (SSSR count). The molecule has 0 saturated heterocycles. The highest BCUT2D eigenvalue weighted by atomic mass is 79.9. The van der Waals surface area contributed by atoms with E-state index in [1.807, 2.05) is 0 Å². The van der Waals surface area contributed by atoms with Crippen LogP contribution in [0.2, 0.25) is 0 Å². The summed E-state index contributed by atoms with van der Waals surface area (Å²) < 4.78 is 3.23. The highest BCUT2D eigenvalue weighted by Gasteiger charge is 2.15. The SMILES string of the molecule is CCNC(Cc1ccn(C(C)CC)n1)c1cc(Br)cs1. The van der Waals surface area contributed by atoms with E-state index >= 15 is 0 Å². The first-order chi connectivity index (χ1) is 9.63. The molecule has 0 bridgehead atoms. The number of thiophene rings is 1. The second-order valence-corrected chi connectivity index (χ2v) is 6.88. The first-order valence-electron chi connectivity index (χ1n) is 7.15. The van der Waals surface area contributed by atoms with Gasteiger partial charge in [0.1, 0.15) is 0 Å². The third-order valence-electron chi connectivity index (χ3n) is 3.50. The van der Waals surface area contributed by atoms with Crippen molar-refractivity contribution in [3.63, 3.8) is 0 Å². The maximum absolute atomic E-state index is 4.70. The molecule has 110 valence electrons. The predicted octanol–water partition coefficient (Wildman–Crippen LogP) is 4.57. The van der Waals surface area contributed by atoms with Crippen molar-refractivity contribution in [2.45, 2.75) is 45.7 Å². The number of rotatable bonds is 7. The zero-order chi connectivity index (χ0) is 14.5. The molecule has 20 heavy (non-hydrogen) atoms. The fraction of sp³-hybridized carbons (Fsp3) is 0.533. The summed E-state index contributed by atoms with van der Waals surface area (Å²) in [5, 5.41) is 10.4. The van der Waals surface area contributed by atoms with Crippen LogP contribution in [-0.4, -0.2) is 16.3 Å². The molecular weight excluding hydrogens is 334 g/mol. The van der Waals surface area contributed by atoms with Crippen LogP contribution in [0.3, 0.4) is 0 Å². The third-order valence-corrected chi connectivity index (χ3v) is 5.31. The lowest BCUT2D eigenvalue weighted by Gasteiger charge is -2.15. The van der Waals surface area contributed by atoms with Gasteiger partial charge in [-0.25, -0.2) is 0 Å². The van der Waals surface area contributed by atoms with Crippen molar-refractivity contribution in [1.82, 2.24) is 15.1 Å². The van der Waals surface area contributed by atoms with E-state index in [4.69, 9.17) is 5.10 Å². The summed E-state index contributed by atoms with van der Waals surface area (Å²) in [6.07, 6.45) is 4.14. The van der Waals surface area contributed by atoms with Gasteiger partial charge in [0.15, 0.2) is 0 Å². The molecule has 2 aromatic heterocycles. The summed E-state index contributed by atoms with van der Waals surface area (Å²) >= 11 is 5.32. The number of likely N-dealkylation sites (N-methyl/N-ethyl adjacent to an activating group) is 1. The van der Waals surface area contributed by atoms with E-state index in [2.05, 4.69) is 70.4 Å². The van der Waals surface area contributed by atoms with Crippen LogP contribution in [0.15, 0.2) is 28.2 Å². The molecule has 3 nitrogen and oxygen atoms in total. The molecule has 0 aliphatic rings. The Kier molecular flexibility index (Phi) is 5.81. The molecule has 2 heterocycles. The van der Waals surface area contributed by atoms with Crippen molar-refractivity contribution in [2.24, 2.45) is 0 Å². The molecule has 2 atom stereocenters. The molecule has 1 N–H and O–H groups in total. The molecule has 2 aromatic rings. The fourth-order valence-electron chi connectivity index (χ4n) is 2.16. The van der Waals surface area contributed by atoms with Crippen molar-refractivity contribution < 1.29 is 0 Å². The van der Waals surface area contributed by atoms with E-state index in [0.717, 1.165) is 29.6 Å². The molecule has 0 aliphatic heterocycles. The van der Waals surface area contributed by atoms with Crippen LogP contribution >= 0.6 is 27.3 Å². The van der Waals surface area contributed by atoms with Crippen molar-refractivity contribution >= 4 is 27.3 Å². The van der Waals surface area contributed by atoms with Gasteiger partial charge in [0.05, 0.1) is 5.69 Å². The van der Waals surface area contributed by atoms with E-state index in [0.29, 0.717) is 12.1 Å². The molecule has 0 fully saturated rings. The predicted molar refractivity (Wildman–Crippen MR) is 89.4 cm³/mol. The van der Waals surface area contributed by atoms with Gasteiger partial charge in [-0.15, -0.1) is 11.3 Å². The van der Waals surface area contributed by atoms with Gasteiger partial charge >= 0.3 is 0 Å². The van der Waals surface area contributed by atoms with Crippen molar-refractivity contribution in [1.29, 1.82) is 0 Å². The minimum Gasteiger partial charge on any atom is -0.309 e. The Hall–Kier alpha value is -0.650. The second-order valence-electron chi connectivity index (χ2n) is 5.03. The molecule has 0 saturated carbocycles. The largest absolute Gasteiger partial charge is 0.309 e. The zero-order valence-electron chi connectivity index (χ0n) is 12.3. The maximum atomic E-state index is 4.70. The van der Waals surface area contributed by atoms with Gasteiger partial charge in [0.25, 0.3) is 0 Å². The van der Waals surface area contributed by atoms with Gasteiger partial charge in [0, 0.05) is 39.4 Å². The van der Waals surface area contributed by atoms with E-state index in [9.17, 15) is 0 Å².